The zero-order valence-electron chi connectivity index (χ0n) is 13.2. The van der Waals surface area contributed by atoms with Crippen molar-refractivity contribution < 1.29 is 14.4 Å². The van der Waals surface area contributed by atoms with Gasteiger partial charge in [-0.25, -0.2) is 4.79 Å². The van der Waals surface area contributed by atoms with Crippen molar-refractivity contribution in [2.75, 3.05) is 6.54 Å². The summed E-state index contributed by atoms with van der Waals surface area (Å²) < 4.78 is 0. The highest BCUT2D eigenvalue weighted by atomic mass is 16.7. The second kappa shape index (κ2) is 9.05. The highest BCUT2D eigenvalue weighted by Crippen LogP contribution is 2.06. The molecule has 0 bridgehead atoms. The fraction of sp³-hybridized carbons (Fsp3) is 0.105. The van der Waals surface area contributed by atoms with Crippen LogP contribution in [0.5, 0.6) is 0 Å². The van der Waals surface area contributed by atoms with Crippen LogP contribution in [-0.2, 0) is 21.0 Å². The minimum atomic E-state index is -1.03. The molecule has 0 aliphatic heterocycles. The number of oxime groups is 1. The van der Waals surface area contributed by atoms with Gasteiger partial charge < -0.3 is 9.74 Å². The highest BCUT2D eigenvalue weighted by molar-refractivity contribution is 6.32. The number of nitrogens with zero attached hydrogens (tertiary/aromatic N) is 2. The molecule has 0 aliphatic carbocycles. The molecule has 122 valence electrons. The Morgan fingerprint density at radius 2 is 1.67 bits per heavy atom. The number of hydrogen-bond donors (Lipinski definition) is 0. The minimum absolute atomic E-state index is 0.241. The Morgan fingerprint density at radius 3 is 2.29 bits per heavy atom. The smallest absolute Gasteiger partial charge is 0.325 e. The van der Waals surface area contributed by atoms with Crippen molar-refractivity contribution in [2.24, 2.45) is 5.16 Å². The van der Waals surface area contributed by atoms with E-state index >= 15 is 0 Å². The monoisotopic (exact) mass is 322 g/mol. The molecule has 2 aromatic rings. The van der Waals surface area contributed by atoms with Gasteiger partial charge in [-0.1, -0.05) is 71.9 Å². The Hall–Kier alpha value is -3.21. The van der Waals surface area contributed by atoms with Crippen molar-refractivity contribution in [3.8, 4) is 0 Å². The summed E-state index contributed by atoms with van der Waals surface area (Å²) in [4.78, 5) is 30.1. The molecule has 0 atom stereocenters. The summed E-state index contributed by atoms with van der Waals surface area (Å²) in [5, 5.41) is 3.56. The predicted octanol–water partition coefficient (Wildman–Crippen LogP) is 2.78. The lowest BCUT2D eigenvalue weighted by Gasteiger charge is -2.19. The molecule has 0 fully saturated rings. The van der Waals surface area contributed by atoms with E-state index in [1.54, 1.807) is 18.2 Å². The average molecular weight is 322 g/mol. The van der Waals surface area contributed by atoms with E-state index < -0.39 is 11.9 Å². The second-order valence-corrected chi connectivity index (χ2v) is 4.98. The Balaban J connectivity index is 1.96. The molecule has 1 amide bonds. The lowest BCUT2D eigenvalue weighted by atomic mass is 10.2. The van der Waals surface area contributed by atoms with Crippen LogP contribution >= 0.6 is 0 Å². The summed E-state index contributed by atoms with van der Waals surface area (Å²) in [7, 11) is 0. The van der Waals surface area contributed by atoms with Crippen LogP contribution in [-0.4, -0.2) is 29.5 Å². The number of amides is 1. The maximum atomic E-state index is 12.2. The van der Waals surface area contributed by atoms with Gasteiger partial charge in [0.1, 0.15) is 0 Å². The first-order valence-corrected chi connectivity index (χ1v) is 7.44. The largest absolute Gasteiger partial charge is 0.422 e. The predicted molar refractivity (Wildman–Crippen MR) is 92.2 cm³/mol. The topological polar surface area (TPSA) is 59.0 Å². The van der Waals surface area contributed by atoms with Crippen LogP contribution in [0.4, 0.5) is 0 Å². The van der Waals surface area contributed by atoms with Crippen molar-refractivity contribution in [1.82, 2.24) is 4.90 Å². The van der Waals surface area contributed by atoms with Crippen molar-refractivity contribution in [1.29, 1.82) is 0 Å². The van der Waals surface area contributed by atoms with E-state index in [1.807, 2.05) is 48.5 Å². The first kappa shape index (κ1) is 17.1. The van der Waals surface area contributed by atoms with Gasteiger partial charge in [-0.2, -0.15) is 0 Å². The molecule has 24 heavy (non-hydrogen) atoms. The van der Waals surface area contributed by atoms with Crippen LogP contribution in [0.15, 0.2) is 78.5 Å². The Kier molecular flexibility index (Phi) is 6.46. The summed E-state index contributed by atoms with van der Waals surface area (Å²) in [6, 6.07) is 18.5. The zero-order valence-corrected chi connectivity index (χ0v) is 13.2. The van der Waals surface area contributed by atoms with E-state index in [9.17, 15) is 9.59 Å². The molecule has 0 unspecified atom stereocenters. The lowest BCUT2D eigenvalue weighted by molar-refractivity contribution is -0.160. The van der Waals surface area contributed by atoms with Gasteiger partial charge in [-0.15, -0.1) is 6.58 Å². The second-order valence-electron chi connectivity index (χ2n) is 4.98. The third kappa shape index (κ3) is 5.21. The molecule has 0 radical (unpaired) electrons. The molecule has 0 saturated carbocycles. The van der Waals surface area contributed by atoms with Gasteiger partial charge in [0.2, 0.25) is 0 Å². The number of rotatable bonds is 6. The van der Waals surface area contributed by atoms with Crippen LogP contribution in [0.25, 0.3) is 0 Å². The van der Waals surface area contributed by atoms with Crippen molar-refractivity contribution in [2.45, 2.75) is 6.54 Å². The normalized spacial score (nSPS) is 10.3. The molecule has 5 nitrogen and oxygen atoms in total. The summed E-state index contributed by atoms with van der Waals surface area (Å²) in [5.41, 5.74) is 1.68. The third-order valence-corrected chi connectivity index (χ3v) is 3.16. The number of benzene rings is 2. The fourth-order valence-electron chi connectivity index (χ4n) is 2.02. The highest BCUT2D eigenvalue weighted by Gasteiger charge is 2.23. The van der Waals surface area contributed by atoms with Gasteiger partial charge in [0.15, 0.2) is 0 Å². The van der Waals surface area contributed by atoms with Crippen LogP contribution in [0.3, 0.4) is 0 Å². The molecule has 0 heterocycles. The average Bonchev–Trinajstić information content (AvgIpc) is 2.62. The van der Waals surface area contributed by atoms with Gasteiger partial charge in [0.25, 0.3) is 0 Å². The first-order valence-electron chi connectivity index (χ1n) is 7.44. The van der Waals surface area contributed by atoms with Gasteiger partial charge in [0, 0.05) is 13.1 Å². The third-order valence-electron chi connectivity index (χ3n) is 3.16. The standard InChI is InChI=1S/C19H18N2O3/c1-2-13-21(15-17-11-7-4-8-12-17)18(22)19(23)24-20-14-16-9-5-3-6-10-16/h2-12,14H,1,13,15H2/b20-14+. The van der Waals surface area contributed by atoms with E-state index in [-0.39, 0.29) is 6.54 Å². The van der Waals surface area contributed by atoms with Gasteiger partial charge in [-0.05, 0) is 11.1 Å². The SMILES string of the molecule is C=CCN(Cc1ccccc1)C(=O)C(=O)O/N=C/c1ccccc1. The summed E-state index contributed by atoms with van der Waals surface area (Å²) >= 11 is 0. The molecule has 0 spiro atoms. The summed E-state index contributed by atoms with van der Waals surface area (Å²) in [6.07, 6.45) is 2.93. The minimum Gasteiger partial charge on any atom is -0.325 e. The first-order chi connectivity index (χ1) is 11.7. The van der Waals surface area contributed by atoms with Crippen LogP contribution in [0.1, 0.15) is 11.1 Å². The molecule has 0 aliphatic rings. The molecule has 2 aromatic carbocycles. The fourth-order valence-corrected chi connectivity index (χ4v) is 2.02. The quantitative estimate of drug-likeness (QED) is 0.270. The molecular formula is C19H18N2O3. The summed E-state index contributed by atoms with van der Waals surface area (Å²) in [6.45, 7) is 4.15. The maximum absolute atomic E-state index is 12.2. The molecular weight excluding hydrogens is 304 g/mol. The molecule has 0 aromatic heterocycles. The van der Waals surface area contributed by atoms with E-state index in [0.29, 0.717) is 6.54 Å². The lowest BCUT2D eigenvalue weighted by Crippen LogP contribution is -2.36. The van der Waals surface area contributed by atoms with Crippen LogP contribution in [0, 0.1) is 0 Å². The zero-order chi connectivity index (χ0) is 17.2. The van der Waals surface area contributed by atoms with Crippen LogP contribution < -0.4 is 0 Å². The molecule has 0 saturated heterocycles. The number of hydrogen-bond acceptors (Lipinski definition) is 4. The van der Waals surface area contributed by atoms with Crippen molar-refractivity contribution >= 4 is 18.1 Å². The maximum Gasteiger partial charge on any atom is 0.422 e. The molecule has 0 N–H and O–H groups in total. The van der Waals surface area contributed by atoms with E-state index in [1.165, 1.54) is 11.1 Å². The van der Waals surface area contributed by atoms with Gasteiger partial charge in [-0.3, -0.25) is 4.79 Å². The Bertz CT molecular complexity index is 712. The summed E-state index contributed by atoms with van der Waals surface area (Å²) in [5.74, 6) is -1.79. The van der Waals surface area contributed by atoms with E-state index in [4.69, 9.17) is 0 Å². The molecule has 5 heteroatoms. The number of carbonyl (C=O) groups excluding carboxylic acids is 2. The van der Waals surface area contributed by atoms with Crippen LogP contribution in [0.2, 0.25) is 0 Å². The van der Waals surface area contributed by atoms with Crippen molar-refractivity contribution in [3.05, 3.63) is 84.4 Å². The van der Waals surface area contributed by atoms with Crippen molar-refractivity contribution in [3.63, 3.8) is 0 Å². The van der Waals surface area contributed by atoms with Gasteiger partial charge >= 0.3 is 11.9 Å². The number of carbonyl (C=O) groups is 2. The van der Waals surface area contributed by atoms with E-state index in [2.05, 4.69) is 16.6 Å². The Labute approximate surface area is 140 Å². The van der Waals surface area contributed by atoms with E-state index in [0.717, 1.165) is 11.1 Å². The van der Waals surface area contributed by atoms with Gasteiger partial charge in [0.05, 0.1) is 6.21 Å². The Morgan fingerprint density at radius 1 is 1.04 bits per heavy atom. The molecule has 2 rings (SSSR count).